The fourth-order valence-corrected chi connectivity index (χ4v) is 3.44. The SMILES string of the molecule is CC(C)(CBr)CNC(=O)C1CCCc2sccc21. The number of aryl methyl sites for hydroxylation is 1. The minimum absolute atomic E-state index is 0.0751. The highest BCUT2D eigenvalue weighted by atomic mass is 79.9. The van der Waals surface area contributed by atoms with Crippen molar-refractivity contribution in [2.24, 2.45) is 5.41 Å². The largest absolute Gasteiger partial charge is 0.355 e. The van der Waals surface area contributed by atoms with Gasteiger partial charge in [-0.15, -0.1) is 11.3 Å². The number of fused-ring (bicyclic) bond motifs is 1. The Bertz CT molecular complexity index is 427. The number of carbonyl (C=O) groups excluding carboxylic acids is 1. The summed E-state index contributed by atoms with van der Waals surface area (Å²) in [5.41, 5.74) is 1.38. The van der Waals surface area contributed by atoms with Crippen LogP contribution in [0.1, 0.15) is 43.0 Å². The molecule has 100 valence electrons. The lowest BCUT2D eigenvalue weighted by molar-refractivity contribution is -0.123. The van der Waals surface area contributed by atoms with Gasteiger partial charge in [-0.1, -0.05) is 29.8 Å². The molecule has 2 nitrogen and oxygen atoms in total. The van der Waals surface area contributed by atoms with Gasteiger partial charge in [-0.25, -0.2) is 0 Å². The highest BCUT2D eigenvalue weighted by molar-refractivity contribution is 9.09. The fraction of sp³-hybridized carbons (Fsp3) is 0.643. The number of halogens is 1. The zero-order chi connectivity index (χ0) is 13.2. The van der Waals surface area contributed by atoms with Crippen molar-refractivity contribution in [2.45, 2.75) is 39.0 Å². The molecule has 1 aromatic rings. The van der Waals surface area contributed by atoms with Crippen LogP contribution in [0.2, 0.25) is 0 Å². The molecule has 1 unspecified atom stereocenters. The van der Waals surface area contributed by atoms with Crippen LogP contribution in [0.4, 0.5) is 0 Å². The van der Waals surface area contributed by atoms with Crippen LogP contribution in [0.5, 0.6) is 0 Å². The van der Waals surface area contributed by atoms with Crippen LogP contribution in [-0.4, -0.2) is 17.8 Å². The van der Waals surface area contributed by atoms with Crippen LogP contribution in [0, 0.1) is 5.41 Å². The molecule has 18 heavy (non-hydrogen) atoms. The van der Waals surface area contributed by atoms with Crippen LogP contribution in [0.3, 0.4) is 0 Å². The number of thiophene rings is 1. The normalized spacial score (nSPS) is 19.4. The van der Waals surface area contributed by atoms with Gasteiger partial charge in [-0.05, 0) is 41.7 Å². The molecule has 0 aliphatic heterocycles. The maximum absolute atomic E-state index is 12.3. The van der Waals surface area contributed by atoms with Gasteiger partial charge in [0.05, 0.1) is 5.92 Å². The first kappa shape index (κ1) is 14.1. The molecule has 0 fully saturated rings. The second-order valence-electron chi connectivity index (χ2n) is 5.76. The molecule has 0 saturated heterocycles. The van der Waals surface area contributed by atoms with Gasteiger partial charge in [0.1, 0.15) is 0 Å². The molecule has 1 N–H and O–H groups in total. The first-order valence-corrected chi connectivity index (χ1v) is 8.43. The smallest absolute Gasteiger partial charge is 0.227 e. The molecule has 4 heteroatoms. The van der Waals surface area contributed by atoms with Gasteiger partial charge in [0, 0.05) is 16.8 Å². The Hall–Kier alpha value is -0.350. The zero-order valence-electron chi connectivity index (χ0n) is 11.0. The van der Waals surface area contributed by atoms with E-state index in [1.807, 2.05) is 0 Å². The summed E-state index contributed by atoms with van der Waals surface area (Å²) >= 11 is 5.27. The number of hydrogen-bond donors (Lipinski definition) is 1. The molecule has 2 rings (SSSR count). The Morgan fingerprint density at radius 2 is 2.39 bits per heavy atom. The summed E-state index contributed by atoms with van der Waals surface area (Å²) < 4.78 is 0. The van der Waals surface area contributed by atoms with E-state index in [0.717, 1.165) is 31.1 Å². The summed E-state index contributed by atoms with van der Waals surface area (Å²) in [5, 5.41) is 6.12. The molecular formula is C14H20BrNOS. The van der Waals surface area contributed by atoms with E-state index in [9.17, 15) is 4.79 Å². The van der Waals surface area contributed by atoms with Crippen LogP contribution in [0.25, 0.3) is 0 Å². The van der Waals surface area contributed by atoms with Crippen molar-refractivity contribution in [2.75, 3.05) is 11.9 Å². The highest BCUT2D eigenvalue weighted by Gasteiger charge is 2.28. The third kappa shape index (κ3) is 3.15. The minimum Gasteiger partial charge on any atom is -0.355 e. The molecule has 1 amide bonds. The van der Waals surface area contributed by atoms with Gasteiger partial charge < -0.3 is 5.32 Å². The first-order valence-electron chi connectivity index (χ1n) is 6.43. The summed E-state index contributed by atoms with van der Waals surface area (Å²) in [7, 11) is 0. The van der Waals surface area contributed by atoms with Crippen molar-refractivity contribution >= 4 is 33.2 Å². The highest BCUT2D eigenvalue weighted by Crippen LogP contribution is 2.35. The molecule has 0 spiro atoms. The quantitative estimate of drug-likeness (QED) is 0.838. The van der Waals surface area contributed by atoms with E-state index in [1.165, 1.54) is 10.4 Å². The van der Waals surface area contributed by atoms with Crippen LogP contribution < -0.4 is 5.32 Å². The number of rotatable bonds is 4. The summed E-state index contributed by atoms with van der Waals surface area (Å²) in [4.78, 5) is 13.7. The van der Waals surface area contributed by atoms with Gasteiger partial charge in [0.2, 0.25) is 5.91 Å². The number of alkyl halides is 1. The average Bonchev–Trinajstić information content (AvgIpc) is 2.84. The van der Waals surface area contributed by atoms with Crippen molar-refractivity contribution in [1.29, 1.82) is 0 Å². The van der Waals surface area contributed by atoms with Crippen molar-refractivity contribution in [3.63, 3.8) is 0 Å². The number of nitrogens with one attached hydrogen (secondary N) is 1. The topological polar surface area (TPSA) is 29.1 Å². The number of amides is 1. The summed E-state index contributed by atoms with van der Waals surface area (Å²) in [6.45, 7) is 5.03. The van der Waals surface area contributed by atoms with Crippen molar-refractivity contribution in [3.8, 4) is 0 Å². The minimum atomic E-state index is 0.0751. The Balaban J connectivity index is 1.99. The Morgan fingerprint density at radius 3 is 3.11 bits per heavy atom. The van der Waals surface area contributed by atoms with E-state index in [4.69, 9.17) is 0 Å². The summed E-state index contributed by atoms with van der Waals surface area (Å²) in [6, 6.07) is 2.12. The molecule has 1 heterocycles. The molecule has 0 bridgehead atoms. The van der Waals surface area contributed by atoms with Crippen molar-refractivity contribution < 1.29 is 4.79 Å². The van der Waals surface area contributed by atoms with Gasteiger partial charge in [0.15, 0.2) is 0 Å². The maximum Gasteiger partial charge on any atom is 0.227 e. The van der Waals surface area contributed by atoms with E-state index in [2.05, 4.69) is 46.5 Å². The Kier molecular flexibility index (Phi) is 4.49. The molecular weight excluding hydrogens is 310 g/mol. The average molecular weight is 330 g/mol. The predicted molar refractivity (Wildman–Crippen MR) is 80.6 cm³/mol. The van der Waals surface area contributed by atoms with Crippen molar-refractivity contribution in [3.05, 3.63) is 21.9 Å². The monoisotopic (exact) mass is 329 g/mol. The van der Waals surface area contributed by atoms with Crippen LogP contribution >= 0.6 is 27.3 Å². The lowest BCUT2D eigenvalue weighted by Gasteiger charge is -2.26. The molecule has 0 radical (unpaired) electrons. The summed E-state index contributed by atoms with van der Waals surface area (Å²) in [6.07, 6.45) is 3.27. The van der Waals surface area contributed by atoms with Gasteiger partial charge in [-0.2, -0.15) is 0 Å². The lowest BCUT2D eigenvalue weighted by atomic mass is 9.86. The molecule has 1 aromatic heterocycles. The second kappa shape index (κ2) is 5.74. The van der Waals surface area contributed by atoms with E-state index in [0.29, 0.717) is 0 Å². The molecule has 1 aliphatic rings. The maximum atomic E-state index is 12.3. The Morgan fingerprint density at radius 1 is 1.61 bits per heavy atom. The summed E-state index contributed by atoms with van der Waals surface area (Å²) in [5.74, 6) is 0.273. The van der Waals surface area contributed by atoms with E-state index < -0.39 is 0 Å². The van der Waals surface area contributed by atoms with Crippen LogP contribution in [0.15, 0.2) is 11.4 Å². The van der Waals surface area contributed by atoms with Crippen molar-refractivity contribution in [1.82, 2.24) is 5.32 Å². The predicted octanol–water partition coefficient (Wildman–Crippen LogP) is 3.71. The van der Waals surface area contributed by atoms with E-state index in [-0.39, 0.29) is 17.2 Å². The second-order valence-corrected chi connectivity index (χ2v) is 7.32. The molecule has 0 saturated carbocycles. The number of carbonyl (C=O) groups is 1. The van der Waals surface area contributed by atoms with Gasteiger partial charge >= 0.3 is 0 Å². The third-order valence-corrected chi connectivity index (χ3v) is 5.99. The molecule has 1 aliphatic carbocycles. The molecule has 0 aromatic carbocycles. The van der Waals surface area contributed by atoms with E-state index in [1.54, 1.807) is 11.3 Å². The molecule has 1 atom stereocenters. The van der Waals surface area contributed by atoms with Crippen LogP contribution in [-0.2, 0) is 11.2 Å². The number of hydrogen-bond acceptors (Lipinski definition) is 2. The Labute approximate surface area is 121 Å². The van der Waals surface area contributed by atoms with Gasteiger partial charge in [-0.3, -0.25) is 4.79 Å². The third-order valence-electron chi connectivity index (χ3n) is 3.47. The first-order chi connectivity index (χ1) is 8.53. The van der Waals surface area contributed by atoms with E-state index >= 15 is 0 Å². The lowest BCUT2D eigenvalue weighted by Crippen LogP contribution is -2.38. The van der Waals surface area contributed by atoms with Gasteiger partial charge in [0.25, 0.3) is 0 Å². The standard InChI is InChI=1S/C14H20BrNOS/c1-14(2,8-15)9-16-13(17)11-4-3-5-12-10(11)6-7-18-12/h6-7,11H,3-5,8-9H2,1-2H3,(H,16,17). The zero-order valence-corrected chi connectivity index (χ0v) is 13.4. The fourth-order valence-electron chi connectivity index (χ4n) is 2.26.